The molecule has 2 aromatic rings. The van der Waals surface area contributed by atoms with Crippen LogP contribution in [-0.4, -0.2) is 17.7 Å². The molecule has 0 N–H and O–H groups in total. The predicted molar refractivity (Wildman–Crippen MR) is 86.0 cm³/mol. The van der Waals surface area contributed by atoms with Crippen LogP contribution >= 0.6 is 43.2 Å². The van der Waals surface area contributed by atoms with Gasteiger partial charge in [0, 0.05) is 0 Å². The van der Waals surface area contributed by atoms with E-state index in [0.717, 1.165) is 5.56 Å². The van der Waals surface area contributed by atoms with Gasteiger partial charge in [-0.1, -0.05) is 62.2 Å². The third kappa shape index (κ3) is 3.27. The van der Waals surface area contributed by atoms with Crippen LogP contribution in [0.4, 0.5) is 0 Å². The van der Waals surface area contributed by atoms with Crippen molar-refractivity contribution < 1.29 is 9.53 Å². The Hall–Kier alpha value is -0.650. The lowest BCUT2D eigenvalue weighted by Crippen LogP contribution is -2.18. The van der Waals surface area contributed by atoms with Gasteiger partial charge in [0.25, 0.3) is 0 Å². The molecule has 0 bridgehead atoms. The Labute approximate surface area is 133 Å². The highest BCUT2D eigenvalue weighted by molar-refractivity contribution is 9.12. The van der Waals surface area contributed by atoms with Crippen molar-refractivity contribution >= 4 is 49.0 Å². The molecule has 0 saturated carbocycles. The standard InChI is InChI=1S/C14H12Br2O2S/c1-18-10-7-8-19-14(10)13(17)12(16)11(15)9-5-3-2-4-6-9/h2-8,11-12H,1H3. The summed E-state index contributed by atoms with van der Waals surface area (Å²) in [4.78, 5) is 12.7. The van der Waals surface area contributed by atoms with Gasteiger partial charge in [-0.05, 0) is 17.0 Å². The van der Waals surface area contributed by atoms with Crippen LogP contribution in [0.25, 0.3) is 0 Å². The van der Waals surface area contributed by atoms with Gasteiger partial charge >= 0.3 is 0 Å². The quantitative estimate of drug-likeness (QED) is 0.527. The van der Waals surface area contributed by atoms with Gasteiger partial charge in [0.1, 0.15) is 10.6 Å². The molecular formula is C14H12Br2O2S. The third-order valence-corrected chi connectivity index (χ3v) is 6.32. The van der Waals surface area contributed by atoms with E-state index in [9.17, 15) is 4.79 Å². The van der Waals surface area contributed by atoms with Crippen LogP contribution in [0.5, 0.6) is 5.75 Å². The van der Waals surface area contributed by atoms with Crippen molar-refractivity contribution in [2.45, 2.75) is 9.65 Å². The maximum atomic E-state index is 12.5. The molecule has 0 aliphatic carbocycles. The number of benzene rings is 1. The highest BCUT2D eigenvalue weighted by atomic mass is 79.9. The van der Waals surface area contributed by atoms with Gasteiger partial charge in [-0.15, -0.1) is 11.3 Å². The van der Waals surface area contributed by atoms with Crippen molar-refractivity contribution in [3.63, 3.8) is 0 Å². The summed E-state index contributed by atoms with van der Waals surface area (Å²) in [6, 6.07) is 11.7. The number of Topliss-reactive ketones (excluding diaryl/α,β-unsaturated/α-hetero) is 1. The number of carbonyl (C=O) groups excluding carboxylic acids is 1. The Morgan fingerprint density at radius 3 is 2.53 bits per heavy atom. The Balaban J connectivity index is 2.20. The van der Waals surface area contributed by atoms with E-state index in [4.69, 9.17) is 4.74 Å². The first kappa shape index (κ1) is 14.8. The van der Waals surface area contributed by atoms with Gasteiger partial charge in [-0.3, -0.25) is 4.79 Å². The van der Waals surface area contributed by atoms with Crippen LogP contribution in [0.2, 0.25) is 0 Å². The summed E-state index contributed by atoms with van der Waals surface area (Å²) >= 11 is 8.46. The van der Waals surface area contributed by atoms with E-state index in [-0.39, 0.29) is 15.4 Å². The number of rotatable bonds is 5. The Morgan fingerprint density at radius 2 is 1.89 bits per heavy atom. The number of ketones is 1. The van der Waals surface area contributed by atoms with E-state index >= 15 is 0 Å². The summed E-state index contributed by atoms with van der Waals surface area (Å²) in [6.45, 7) is 0. The molecule has 0 radical (unpaired) electrons. The Kier molecular flexibility index (Phi) is 5.19. The first-order valence-corrected chi connectivity index (χ1v) is 8.35. The first-order valence-electron chi connectivity index (χ1n) is 5.64. The van der Waals surface area contributed by atoms with Gasteiger partial charge in [0.15, 0.2) is 5.78 Å². The van der Waals surface area contributed by atoms with E-state index in [1.807, 2.05) is 41.8 Å². The number of hydrogen-bond donors (Lipinski definition) is 0. The number of halogens is 2. The fraction of sp³-hybridized carbons (Fsp3) is 0.214. The molecule has 0 amide bonds. The van der Waals surface area contributed by atoms with E-state index in [1.165, 1.54) is 11.3 Å². The normalized spacial score (nSPS) is 13.8. The molecule has 0 aliphatic heterocycles. The minimum absolute atomic E-state index is 0.0255. The fourth-order valence-corrected chi connectivity index (χ4v) is 3.77. The average molecular weight is 404 g/mol. The molecule has 0 aliphatic rings. The van der Waals surface area contributed by atoms with Crippen LogP contribution < -0.4 is 4.74 Å². The molecule has 2 atom stereocenters. The molecule has 0 fully saturated rings. The lowest BCUT2D eigenvalue weighted by atomic mass is 10.1. The molecule has 100 valence electrons. The number of methoxy groups -OCH3 is 1. The molecular weight excluding hydrogens is 392 g/mol. The molecule has 5 heteroatoms. The summed E-state index contributed by atoms with van der Waals surface area (Å²) in [5.74, 6) is 0.657. The number of ether oxygens (including phenoxy) is 1. The Morgan fingerprint density at radius 1 is 1.21 bits per heavy atom. The van der Waals surface area contributed by atoms with Gasteiger partial charge in [0.2, 0.25) is 0 Å². The van der Waals surface area contributed by atoms with Crippen molar-refractivity contribution in [1.82, 2.24) is 0 Å². The lowest BCUT2D eigenvalue weighted by Gasteiger charge is -2.16. The van der Waals surface area contributed by atoms with E-state index in [0.29, 0.717) is 10.6 Å². The summed E-state index contributed by atoms with van der Waals surface area (Å²) in [6.07, 6.45) is 0. The first-order chi connectivity index (χ1) is 9.15. The number of hydrogen-bond acceptors (Lipinski definition) is 3. The van der Waals surface area contributed by atoms with Crippen LogP contribution in [0.3, 0.4) is 0 Å². The SMILES string of the molecule is COc1ccsc1C(=O)C(Br)C(Br)c1ccccc1. The molecule has 1 heterocycles. The number of alkyl halides is 2. The second-order valence-electron chi connectivity index (χ2n) is 3.90. The predicted octanol–water partition coefficient (Wildman–Crippen LogP) is 4.84. The van der Waals surface area contributed by atoms with E-state index in [2.05, 4.69) is 31.9 Å². The molecule has 2 nitrogen and oxygen atoms in total. The second-order valence-corrected chi connectivity index (χ2v) is 6.79. The van der Waals surface area contributed by atoms with Crippen molar-refractivity contribution in [3.8, 4) is 5.75 Å². The monoisotopic (exact) mass is 402 g/mol. The third-order valence-electron chi connectivity index (χ3n) is 2.70. The highest BCUT2D eigenvalue weighted by Crippen LogP contribution is 2.36. The zero-order valence-corrected chi connectivity index (χ0v) is 14.2. The summed E-state index contributed by atoms with van der Waals surface area (Å²) in [5.41, 5.74) is 1.06. The molecule has 19 heavy (non-hydrogen) atoms. The molecule has 0 spiro atoms. The topological polar surface area (TPSA) is 26.3 Å². The second kappa shape index (κ2) is 6.68. The summed E-state index contributed by atoms with van der Waals surface area (Å²) in [7, 11) is 1.57. The number of thiophene rings is 1. The summed E-state index contributed by atoms with van der Waals surface area (Å²) in [5, 5.41) is 1.86. The van der Waals surface area contributed by atoms with Crippen molar-refractivity contribution in [1.29, 1.82) is 0 Å². The average Bonchev–Trinajstić information content (AvgIpc) is 2.94. The van der Waals surface area contributed by atoms with E-state index in [1.54, 1.807) is 7.11 Å². The zero-order chi connectivity index (χ0) is 13.8. The smallest absolute Gasteiger partial charge is 0.191 e. The molecule has 1 aromatic carbocycles. The van der Waals surface area contributed by atoms with Crippen LogP contribution in [0.1, 0.15) is 20.1 Å². The molecule has 2 rings (SSSR count). The maximum absolute atomic E-state index is 12.5. The highest BCUT2D eigenvalue weighted by Gasteiger charge is 2.28. The van der Waals surface area contributed by atoms with Crippen LogP contribution in [0.15, 0.2) is 41.8 Å². The van der Waals surface area contributed by atoms with Crippen molar-refractivity contribution in [3.05, 3.63) is 52.2 Å². The summed E-state index contributed by atoms with van der Waals surface area (Å²) < 4.78 is 5.20. The van der Waals surface area contributed by atoms with Gasteiger partial charge < -0.3 is 4.74 Å². The minimum atomic E-state index is -0.331. The van der Waals surface area contributed by atoms with Gasteiger partial charge in [-0.25, -0.2) is 0 Å². The van der Waals surface area contributed by atoms with Crippen molar-refractivity contribution in [2.24, 2.45) is 0 Å². The van der Waals surface area contributed by atoms with E-state index < -0.39 is 0 Å². The van der Waals surface area contributed by atoms with Gasteiger partial charge in [-0.2, -0.15) is 0 Å². The zero-order valence-electron chi connectivity index (χ0n) is 10.2. The molecule has 2 unspecified atom stereocenters. The largest absolute Gasteiger partial charge is 0.495 e. The molecule has 0 saturated heterocycles. The van der Waals surface area contributed by atoms with Crippen LogP contribution in [0, 0.1) is 0 Å². The van der Waals surface area contributed by atoms with Crippen molar-refractivity contribution in [2.75, 3.05) is 7.11 Å². The minimum Gasteiger partial charge on any atom is -0.495 e. The molecule has 1 aromatic heterocycles. The van der Waals surface area contributed by atoms with Crippen LogP contribution in [-0.2, 0) is 0 Å². The number of carbonyl (C=O) groups is 1. The Bertz CT molecular complexity index is 554. The van der Waals surface area contributed by atoms with Gasteiger partial charge in [0.05, 0.1) is 16.8 Å². The lowest BCUT2D eigenvalue weighted by molar-refractivity contribution is 0.0992. The maximum Gasteiger partial charge on any atom is 0.191 e. The fourth-order valence-electron chi connectivity index (χ4n) is 1.70.